The normalized spacial score (nSPS) is 10.7. The minimum absolute atomic E-state index is 0.436. The number of carbonyl (C=O) groups is 1. The van der Waals surface area contributed by atoms with Crippen molar-refractivity contribution in [1.82, 2.24) is 10.2 Å². The van der Waals surface area contributed by atoms with Crippen LogP contribution in [0.3, 0.4) is 0 Å². The summed E-state index contributed by atoms with van der Waals surface area (Å²) in [6.07, 6.45) is 0. The van der Waals surface area contributed by atoms with E-state index in [-0.39, 0.29) is 0 Å². The molecule has 2 aromatic carbocycles. The highest BCUT2D eigenvalue weighted by Crippen LogP contribution is 2.26. The molecule has 1 aromatic heterocycles. The van der Waals surface area contributed by atoms with Gasteiger partial charge in [0.05, 0.1) is 0 Å². The third-order valence-corrected chi connectivity index (χ3v) is 4.24. The summed E-state index contributed by atoms with van der Waals surface area (Å²) in [6, 6.07) is 14.3. The number of hydrogen-bond donors (Lipinski definition) is 1. The molecule has 5 nitrogen and oxygen atoms in total. The third kappa shape index (κ3) is 3.91. The Hall–Kier alpha value is -2.31. The molecule has 1 amide bonds. The van der Waals surface area contributed by atoms with E-state index in [1.165, 1.54) is 11.8 Å². The van der Waals surface area contributed by atoms with Crippen LogP contribution in [0.4, 0.5) is 0 Å². The van der Waals surface area contributed by atoms with Crippen LogP contribution in [-0.2, 0) is 5.75 Å². The Morgan fingerprint density at radius 1 is 1.09 bits per heavy atom. The van der Waals surface area contributed by atoms with E-state index in [0.29, 0.717) is 27.5 Å². The van der Waals surface area contributed by atoms with Gasteiger partial charge in [-0.2, -0.15) is 0 Å². The van der Waals surface area contributed by atoms with Crippen molar-refractivity contribution >= 4 is 29.3 Å². The van der Waals surface area contributed by atoms with Gasteiger partial charge in [0.15, 0.2) is 0 Å². The van der Waals surface area contributed by atoms with Gasteiger partial charge in [0.1, 0.15) is 0 Å². The van der Waals surface area contributed by atoms with E-state index in [0.717, 1.165) is 11.1 Å². The highest BCUT2D eigenvalue weighted by Gasteiger charge is 2.09. The molecule has 3 rings (SSSR count). The molecule has 0 atom stereocenters. The maximum absolute atomic E-state index is 11.0. The second kappa shape index (κ2) is 6.85. The van der Waals surface area contributed by atoms with E-state index in [1.54, 1.807) is 24.3 Å². The molecule has 3 aromatic rings. The van der Waals surface area contributed by atoms with Crippen LogP contribution < -0.4 is 5.73 Å². The summed E-state index contributed by atoms with van der Waals surface area (Å²) in [5, 5.41) is 9.17. The largest absolute Gasteiger partial charge is 0.411 e. The molecule has 0 bridgehead atoms. The number of rotatable bonds is 5. The SMILES string of the molecule is NC(=O)c1ccc(CSc2nnc(-c3ccc(Cl)cc3)o2)cc1. The Morgan fingerprint density at radius 2 is 1.78 bits per heavy atom. The molecule has 0 radical (unpaired) electrons. The molecule has 0 saturated carbocycles. The fourth-order valence-corrected chi connectivity index (χ4v) is 2.73. The van der Waals surface area contributed by atoms with E-state index < -0.39 is 5.91 Å². The maximum atomic E-state index is 11.0. The van der Waals surface area contributed by atoms with Crippen LogP contribution in [0.15, 0.2) is 58.2 Å². The molecule has 0 spiro atoms. The van der Waals surface area contributed by atoms with Crippen LogP contribution >= 0.6 is 23.4 Å². The van der Waals surface area contributed by atoms with E-state index in [9.17, 15) is 4.79 Å². The lowest BCUT2D eigenvalue weighted by atomic mass is 10.1. The number of aromatic nitrogens is 2. The third-order valence-electron chi connectivity index (χ3n) is 3.10. The number of amides is 1. The first-order chi connectivity index (χ1) is 11.1. The molecule has 0 unspecified atom stereocenters. The van der Waals surface area contributed by atoms with Crippen molar-refractivity contribution in [1.29, 1.82) is 0 Å². The zero-order valence-corrected chi connectivity index (χ0v) is 13.5. The highest BCUT2D eigenvalue weighted by atomic mass is 35.5. The van der Waals surface area contributed by atoms with E-state index in [4.69, 9.17) is 21.8 Å². The lowest BCUT2D eigenvalue weighted by Gasteiger charge is -2.00. The van der Waals surface area contributed by atoms with Crippen LogP contribution in [-0.4, -0.2) is 16.1 Å². The van der Waals surface area contributed by atoms with Gasteiger partial charge in [-0.3, -0.25) is 4.79 Å². The quantitative estimate of drug-likeness (QED) is 0.711. The highest BCUT2D eigenvalue weighted by molar-refractivity contribution is 7.98. The fourth-order valence-electron chi connectivity index (χ4n) is 1.89. The first-order valence-corrected chi connectivity index (χ1v) is 8.09. The summed E-state index contributed by atoms with van der Waals surface area (Å²) in [5.41, 5.74) is 7.55. The molecule has 23 heavy (non-hydrogen) atoms. The minimum atomic E-state index is -0.436. The summed E-state index contributed by atoms with van der Waals surface area (Å²) in [7, 11) is 0. The fraction of sp³-hybridized carbons (Fsp3) is 0.0625. The lowest BCUT2D eigenvalue weighted by molar-refractivity contribution is 0.100. The summed E-state index contributed by atoms with van der Waals surface area (Å²) in [6.45, 7) is 0. The predicted octanol–water partition coefficient (Wildman–Crippen LogP) is 3.78. The molecule has 0 aliphatic carbocycles. The molecular weight excluding hydrogens is 334 g/mol. The maximum Gasteiger partial charge on any atom is 0.277 e. The van der Waals surface area contributed by atoms with E-state index in [1.807, 2.05) is 24.3 Å². The number of hydrogen-bond acceptors (Lipinski definition) is 5. The molecule has 116 valence electrons. The second-order valence-electron chi connectivity index (χ2n) is 4.73. The summed E-state index contributed by atoms with van der Waals surface area (Å²) in [4.78, 5) is 11.0. The van der Waals surface area contributed by atoms with Crippen LogP contribution in [0.5, 0.6) is 0 Å². The first-order valence-electron chi connectivity index (χ1n) is 6.73. The van der Waals surface area contributed by atoms with Gasteiger partial charge in [0.2, 0.25) is 11.8 Å². The number of halogens is 1. The Balaban J connectivity index is 1.65. The van der Waals surface area contributed by atoms with Gasteiger partial charge in [-0.25, -0.2) is 0 Å². The Morgan fingerprint density at radius 3 is 2.43 bits per heavy atom. The minimum Gasteiger partial charge on any atom is -0.411 e. The molecular formula is C16H12ClN3O2S. The number of primary amides is 1. The monoisotopic (exact) mass is 345 g/mol. The number of carbonyl (C=O) groups excluding carboxylic acids is 1. The van der Waals surface area contributed by atoms with Gasteiger partial charge >= 0.3 is 0 Å². The Labute approximate surface area is 141 Å². The van der Waals surface area contributed by atoms with Crippen LogP contribution in [0.25, 0.3) is 11.5 Å². The van der Waals surface area contributed by atoms with Crippen molar-refractivity contribution in [2.75, 3.05) is 0 Å². The smallest absolute Gasteiger partial charge is 0.277 e. The Kier molecular flexibility index (Phi) is 4.64. The van der Waals surface area contributed by atoms with Crippen molar-refractivity contribution in [3.63, 3.8) is 0 Å². The van der Waals surface area contributed by atoms with Crippen molar-refractivity contribution in [2.45, 2.75) is 11.0 Å². The Bertz CT molecular complexity index is 816. The average Bonchev–Trinajstić information content (AvgIpc) is 3.03. The molecule has 1 heterocycles. The zero-order valence-electron chi connectivity index (χ0n) is 11.9. The van der Waals surface area contributed by atoms with Crippen LogP contribution in [0.2, 0.25) is 5.02 Å². The molecule has 0 aliphatic rings. The summed E-state index contributed by atoms with van der Waals surface area (Å²) in [5.74, 6) is 0.670. The standard InChI is InChI=1S/C16H12ClN3O2S/c17-13-7-5-12(6-8-13)15-19-20-16(22-15)23-9-10-1-3-11(4-2-10)14(18)21/h1-8H,9H2,(H2,18,21). The number of nitrogens with two attached hydrogens (primary N) is 1. The van der Waals surface area contributed by atoms with Gasteiger partial charge in [0, 0.05) is 21.9 Å². The van der Waals surface area contributed by atoms with Crippen molar-refractivity contribution < 1.29 is 9.21 Å². The molecule has 0 saturated heterocycles. The molecule has 0 fully saturated rings. The predicted molar refractivity (Wildman–Crippen MR) is 89.3 cm³/mol. The topological polar surface area (TPSA) is 82.0 Å². The van der Waals surface area contributed by atoms with Gasteiger partial charge in [-0.15, -0.1) is 10.2 Å². The van der Waals surface area contributed by atoms with Crippen molar-refractivity contribution in [3.8, 4) is 11.5 Å². The second-order valence-corrected chi connectivity index (χ2v) is 6.09. The average molecular weight is 346 g/mol. The lowest BCUT2D eigenvalue weighted by Crippen LogP contribution is -2.10. The van der Waals surface area contributed by atoms with E-state index >= 15 is 0 Å². The van der Waals surface area contributed by atoms with Crippen molar-refractivity contribution in [2.24, 2.45) is 5.73 Å². The van der Waals surface area contributed by atoms with Gasteiger partial charge < -0.3 is 10.2 Å². The summed E-state index contributed by atoms with van der Waals surface area (Å²) >= 11 is 7.28. The number of nitrogens with zero attached hydrogens (tertiary/aromatic N) is 2. The zero-order chi connectivity index (χ0) is 16.2. The first kappa shape index (κ1) is 15.6. The van der Waals surface area contributed by atoms with E-state index in [2.05, 4.69) is 10.2 Å². The summed E-state index contributed by atoms with van der Waals surface area (Å²) < 4.78 is 5.62. The molecule has 2 N–H and O–H groups in total. The van der Waals surface area contributed by atoms with Gasteiger partial charge in [0.25, 0.3) is 5.22 Å². The number of benzene rings is 2. The van der Waals surface area contributed by atoms with Gasteiger partial charge in [-0.05, 0) is 42.0 Å². The molecule has 0 aliphatic heterocycles. The van der Waals surface area contributed by atoms with Crippen LogP contribution in [0, 0.1) is 0 Å². The van der Waals surface area contributed by atoms with Crippen molar-refractivity contribution in [3.05, 3.63) is 64.7 Å². The molecule has 7 heteroatoms. The van der Waals surface area contributed by atoms with Crippen LogP contribution in [0.1, 0.15) is 15.9 Å². The van der Waals surface area contributed by atoms with Gasteiger partial charge in [-0.1, -0.05) is 35.5 Å². The number of thioether (sulfide) groups is 1.